The molecule has 0 saturated heterocycles. The van der Waals surface area contributed by atoms with Crippen LogP contribution in [0.2, 0.25) is 0 Å². The molecule has 32 heavy (non-hydrogen) atoms. The fourth-order valence-electron chi connectivity index (χ4n) is 3.27. The van der Waals surface area contributed by atoms with E-state index in [4.69, 9.17) is 4.74 Å². The summed E-state index contributed by atoms with van der Waals surface area (Å²) < 4.78 is 33.3. The standard InChI is InChI=1S/C25H28N2O4S/c1-4-31-23-14-12-21(13-15-23)20(3)26-25(28)18-27(22-8-6-5-7-9-22)32(29,30)24-16-10-19(2)11-17-24/h5-17,20H,4,18H2,1-3H3,(H,26,28)/t20-/m1/s1. The van der Waals surface area contributed by atoms with Crippen LogP contribution in [0.3, 0.4) is 0 Å². The van der Waals surface area contributed by atoms with Crippen molar-refractivity contribution in [2.45, 2.75) is 31.7 Å². The zero-order valence-electron chi connectivity index (χ0n) is 18.5. The van der Waals surface area contributed by atoms with Gasteiger partial charge in [0.05, 0.1) is 23.2 Å². The second-order valence-corrected chi connectivity index (χ2v) is 9.31. The predicted octanol–water partition coefficient (Wildman–Crippen LogP) is 4.47. The van der Waals surface area contributed by atoms with Crippen molar-refractivity contribution in [2.24, 2.45) is 0 Å². The minimum Gasteiger partial charge on any atom is -0.494 e. The molecule has 1 N–H and O–H groups in total. The molecule has 1 atom stereocenters. The van der Waals surface area contributed by atoms with E-state index in [1.54, 1.807) is 54.6 Å². The number of hydrogen-bond donors (Lipinski definition) is 1. The van der Waals surface area contributed by atoms with Crippen LogP contribution in [0.1, 0.15) is 31.0 Å². The van der Waals surface area contributed by atoms with Gasteiger partial charge in [0.1, 0.15) is 12.3 Å². The minimum absolute atomic E-state index is 0.138. The molecule has 7 heteroatoms. The number of aryl methyl sites for hydroxylation is 1. The number of nitrogens with one attached hydrogen (secondary N) is 1. The number of hydrogen-bond acceptors (Lipinski definition) is 4. The van der Waals surface area contributed by atoms with Gasteiger partial charge in [0.15, 0.2) is 0 Å². The van der Waals surface area contributed by atoms with E-state index in [0.717, 1.165) is 21.2 Å². The normalized spacial score (nSPS) is 12.1. The summed E-state index contributed by atoms with van der Waals surface area (Å²) >= 11 is 0. The molecule has 0 radical (unpaired) electrons. The van der Waals surface area contributed by atoms with Gasteiger partial charge in [0.25, 0.3) is 10.0 Å². The summed E-state index contributed by atoms with van der Waals surface area (Å²) in [4.78, 5) is 13.0. The van der Waals surface area contributed by atoms with Gasteiger partial charge in [-0.2, -0.15) is 0 Å². The number of nitrogens with zero attached hydrogens (tertiary/aromatic N) is 1. The third-order valence-electron chi connectivity index (χ3n) is 5.01. The first-order chi connectivity index (χ1) is 15.3. The van der Waals surface area contributed by atoms with Crippen LogP contribution in [0.15, 0.2) is 83.8 Å². The molecule has 0 aliphatic rings. The number of rotatable bonds is 9. The number of amides is 1. The molecule has 1 amide bonds. The Morgan fingerprint density at radius 1 is 0.969 bits per heavy atom. The van der Waals surface area contributed by atoms with Gasteiger partial charge in [-0.05, 0) is 62.7 Å². The fourth-order valence-corrected chi connectivity index (χ4v) is 4.69. The maximum atomic E-state index is 13.4. The van der Waals surface area contributed by atoms with Crippen molar-refractivity contribution in [1.82, 2.24) is 5.32 Å². The van der Waals surface area contributed by atoms with Crippen molar-refractivity contribution >= 4 is 21.6 Å². The van der Waals surface area contributed by atoms with E-state index in [-0.39, 0.29) is 17.5 Å². The first-order valence-corrected chi connectivity index (χ1v) is 11.9. The van der Waals surface area contributed by atoms with E-state index < -0.39 is 15.9 Å². The Morgan fingerprint density at radius 2 is 1.59 bits per heavy atom. The molecule has 0 saturated carbocycles. The third kappa shape index (κ3) is 5.68. The first-order valence-electron chi connectivity index (χ1n) is 10.5. The van der Waals surface area contributed by atoms with Gasteiger partial charge in [-0.25, -0.2) is 8.42 Å². The maximum Gasteiger partial charge on any atom is 0.264 e. The summed E-state index contributed by atoms with van der Waals surface area (Å²) in [6.07, 6.45) is 0. The number of benzene rings is 3. The van der Waals surface area contributed by atoms with Gasteiger partial charge < -0.3 is 10.1 Å². The quantitative estimate of drug-likeness (QED) is 0.520. The van der Waals surface area contributed by atoms with E-state index in [1.165, 1.54) is 0 Å². The van der Waals surface area contributed by atoms with Crippen LogP contribution in [-0.2, 0) is 14.8 Å². The van der Waals surface area contributed by atoms with Crippen molar-refractivity contribution in [3.05, 3.63) is 90.0 Å². The molecule has 6 nitrogen and oxygen atoms in total. The molecule has 168 valence electrons. The molecule has 0 heterocycles. The number of anilines is 1. The van der Waals surface area contributed by atoms with Gasteiger partial charge in [0, 0.05) is 0 Å². The Kier molecular flexibility index (Phi) is 7.53. The zero-order valence-corrected chi connectivity index (χ0v) is 19.3. The molecule has 3 aromatic carbocycles. The fraction of sp³-hybridized carbons (Fsp3) is 0.240. The van der Waals surface area contributed by atoms with Gasteiger partial charge >= 0.3 is 0 Å². The lowest BCUT2D eigenvalue weighted by molar-refractivity contribution is -0.120. The van der Waals surface area contributed by atoms with Crippen LogP contribution in [0.25, 0.3) is 0 Å². The third-order valence-corrected chi connectivity index (χ3v) is 6.80. The van der Waals surface area contributed by atoms with Crippen LogP contribution < -0.4 is 14.4 Å². The number of carbonyl (C=O) groups is 1. The van der Waals surface area contributed by atoms with Crippen LogP contribution >= 0.6 is 0 Å². The highest BCUT2D eigenvalue weighted by molar-refractivity contribution is 7.92. The van der Waals surface area contributed by atoms with Crippen molar-refractivity contribution in [1.29, 1.82) is 0 Å². The smallest absolute Gasteiger partial charge is 0.264 e. The number of sulfonamides is 1. The minimum atomic E-state index is -3.92. The summed E-state index contributed by atoms with van der Waals surface area (Å²) in [5.41, 5.74) is 2.28. The highest BCUT2D eigenvalue weighted by atomic mass is 32.2. The van der Waals surface area contributed by atoms with Crippen molar-refractivity contribution in [3.8, 4) is 5.75 Å². The summed E-state index contributed by atoms with van der Waals surface area (Å²) in [7, 11) is -3.92. The Morgan fingerprint density at radius 3 is 2.19 bits per heavy atom. The molecule has 0 spiro atoms. The van der Waals surface area contributed by atoms with Gasteiger partial charge in [-0.3, -0.25) is 9.10 Å². The van der Waals surface area contributed by atoms with Crippen LogP contribution in [0, 0.1) is 6.92 Å². The van der Waals surface area contributed by atoms with Crippen molar-refractivity contribution < 1.29 is 17.9 Å². The van der Waals surface area contributed by atoms with E-state index in [2.05, 4.69) is 5.32 Å². The van der Waals surface area contributed by atoms with Gasteiger partial charge in [0.2, 0.25) is 5.91 Å². The zero-order chi connectivity index (χ0) is 23.1. The summed E-state index contributed by atoms with van der Waals surface area (Å²) in [5.74, 6) is 0.361. The Labute approximate surface area is 189 Å². The lowest BCUT2D eigenvalue weighted by atomic mass is 10.1. The molecule has 0 bridgehead atoms. The van der Waals surface area contributed by atoms with E-state index in [1.807, 2.05) is 45.0 Å². The average Bonchev–Trinajstić information content (AvgIpc) is 2.79. The predicted molar refractivity (Wildman–Crippen MR) is 126 cm³/mol. The maximum absolute atomic E-state index is 13.4. The van der Waals surface area contributed by atoms with Crippen molar-refractivity contribution in [3.63, 3.8) is 0 Å². The molecule has 0 aliphatic heterocycles. The van der Waals surface area contributed by atoms with E-state index in [9.17, 15) is 13.2 Å². The summed E-state index contributed by atoms with van der Waals surface area (Å²) in [6.45, 7) is 5.91. The Balaban J connectivity index is 1.80. The molecule has 0 fully saturated rings. The van der Waals surface area contributed by atoms with E-state index >= 15 is 0 Å². The second-order valence-electron chi connectivity index (χ2n) is 7.45. The average molecular weight is 453 g/mol. The number of ether oxygens (including phenoxy) is 1. The first kappa shape index (κ1) is 23.3. The lowest BCUT2D eigenvalue weighted by Crippen LogP contribution is -2.41. The Bertz CT molecular complexity index is 1130. The number of para-hydroxylation sites is 1. The summed E-state index contributed by atoms with van der Waals surface area (Å²) in [6, 6.07) is 22.4. The molecular formula is C25H28N2O4S. The van der Waals surface area contributed by atoms with Crippen LogP contribution in [0.4, 0.5) is 5.69 Å². The second kappa shape index (κ2) is 10.3. The molecule has 0 aliphatic carbocycles. The van der Waals surface area contributed by atoms with Crippen molar-refractivity contribution in [2.75, 3.05) is 17.5 Å². The molecule has 3 aromatic rings. The Hall–Kier alpha value is -3.32. The molecular weight excluding hydrogens is 424 g/mol. The SMILES string of the molecule is CCOc1ccc([C@@H](C)NC(=O)CN(c2ccccc2)S(=O)(=O)c2ccc(C)cc2)cc1. The molecule has 3 rings (SSSR count). The monoisotopic (exact) mass is 452 g/mol. The van der Waals surface area contributed by atoms with Crippen LogP contribution in [-0.4, -0.2) is 27.5 Å². The molecule has 0 unspecified atom stereocenters. The molecule has 0 aromatic heterocycles. The van der Waals surface area contributed by atoms with Gasteiger partial charge in [-0.15, -0.1) is 0 Å². The highest BCUT2D eigenvalue weighted by Gasteiger charge is 2.27. The highest BCUT2D eigenvalue weighted by Crippen LogP contribution is 2.24. The summed E-state index contributed by atoms with van der Waals surface area (Å²) in [5, 5.41) is 2.89. The number of carbonyl (C=O) groups excluding carboxylic acids is 1. The lowest BCUT2D eigenvalue weighted by Gasteiger charge is -2.25. The topological polar surface area (TPSA) is 75.7 Å². The van der Waals surface area contributed by atoms with E-state index in [0.29, 0.717) is 12.3 Å². The largest absolute Gasteiger partial charge is 0.494 e. The van der Waals surface area contributed by atoms with Crippen LogP contribution in [0.5, 0.6) is 5.75 Å². The van der Waals surface area contributed by atoms with Gasteiger partial charge in [-0.1, -0.05) is 48.0 Å².